The van der Waals surface area contributed by atoms with E-state index in [2.05, 4.69) is 17.4 Å². The monoisotopic (exact) mass is 217 g/mol. The maximum Gasteiger partial charge on any atom is 0.573 e. The highest BCUT2D eigenvalue weighted by molar-refractivity contribution is 5.40. The average Bonchev–Trinajstić information content (AvgIpc) is 2.14. The molecule has 0 aliphatic rings. The zero-order valence-electron chi connectivity index (χ0n) is 7.89. The third kappa shape index (κ3) is 3.53. The zero-order valence-corrected chi connectivity index (χ0v) is 7.89. The fourth-order valence-corrected chi connectivity index (χ4v) is 0.984. The van der Waals surface area contributed by atoms with Crippen molar-refractivity contribution < 1.29 is 22.6 Å². The van der Waals surface area contributed by atoms with Crippen LogP contribution in [0.4, 0.5) is 13.2 Å². The molecule has 0 spiro atoms. The minimum absolute atomic E-state index is 0.253. The Labute approximate surface area is 84.9 Å². The summed E-state index contributed by atoms with van der Waals surface area (Å²) in [5.74, 6) is -0.101. The Morgan fingerprint density at radius 1 is 1.20 bits per heavy atom. The zero-order chi connectivity index (χ0) is 11.5. The highest BCUT2D eigenvalue weighted by Crippen LogP contribution is 2.27. The summed E-state index contributed by atoms with van der Waals surface area (Å²) in [4.78, 5) is 0. The molecule has 0 aliphatic carbocycles. The molecule has 1 rings (SSSR count). The highest BCUT2D eigenvalue weighted by atomic mass is 19.4. The summed E-state index contributed by atoms with van der Waals surface area (Å²) in [5.41, 5.74) is 0.369. The number of methoxy groups -OCH3 is 1. The summed E-state index contributed by atoms with van der Waals surface area (Å²) in [6.07, 6.45) is -2.27. The van der Waals surface area contributed by atoms with Gasteiger partial charge in [-0.2, -0.15) is 0 Å². The van der Waals surface area contributed by atoms with E-state index in [0.717, 1.165) is 6.07 Å². The van der Waals surface area contributed by atoms with Crippen LogP contribution in [0.15, 0.2) is 24.8 Å². The molecule has 1 radical (unpaired) electrons. The second kappa shape index (κ2) is 4.25. The highest BCUT2D eigenvalue weighted by Gasteiger charge is 2.31. The van der Waals surface area contributed by atoms with Gasteiger partial charge in [0.15, 0.2) is 0 Å². The maximum absolute atomic E-state index is 11.9. The Hall–Kier alpha value is -1.65. The lowest BCUT2D eigenvalue weighted by Crippen LogP contribution is -2.17. The Morgan fingerprint density at radius 3 is 2.27 bits per heavy atom. The molecule has 0 amide bonds. The van der Waals surface area contributed by atoms with Gasteiger partial charge in [-0.25, -0.2) is 0 Å². The second-order valence-corrected chi connectivity index (χ2v) is 2.62. The number of ether oxygens (including phenoxy) is 2. The molecule has 81 valence electrons. The third-order valence-electron chi connectivity index (χ3n) is 1.55. The van der Waals surface area contributed by atoms with Crippen molar-refractivity contribution in [3.63, 3.8) is 0 Å². The second-order valence-electron chi connectivity index (χ2n) is 2.62. The summed E-state index contributed by atoms with van der Waals surface area (Å²) in [5, 5.41) is 0. The summed E-state index contributed by atoms with van der Waals surface area (Å²) in [6, 6.07) is 3.80. The molecule has 0 saturated carbocycles. The van der Waals surface area contributed by atoms with Crippen LogP contribution >= 0.6 is 0 Å². The van der Waals surface area contributed by atoms with E-state index in [1.165, 1.54) is 19.2 Å². The molecular formula is C10H8F3O2. The van der Waals surface area contributed by atoms with Crippen LogP contribution in [0.25, 0.3) is 0 Å². The summed E-state index contributed by atoms with van der Waals surface area (Å²) >= 11 is 0. The molecule has 0 fully saturated rings. The molecule has 0 aliphatic heterocycles. The lowest BCUT2D eigenvalue weighted by Gasteiger charge is -2.10. The van der Waals surface area contributed by atoms with E-state index < -0.39 is 6.36 Å². The fourth-order valence-electron chi connectivity index (χ4n) is 0.984. The van der Waals surface area contributed by atoms with Gasteiger partial charge in [0.2, 0.25) is 0 Å². The van der Waals surface area contributed by atoms with Gasteiger partial charge in [0.05, 0.1) is 7.11 Å². The van der Waals surface area contributed by atoms with Crippen molar-refractivity contribution in [1.29, 1.82) is 0 Å². The van der Waals surface area contributed by atoms with Crippen LogP contribution in [0.2, 0.25) is 0 Å². The molecule has 15 heavy (non-hydrogen) atoms. The maximum atomic E-state index is 11.9. The fraction of sp³-hybridized carbons (Fsp3) is 0.200. The minimum Gasteiger partial charge on any atom is -0.497 e. The molecular weight excluding hydrogens is 209 g/mol. The molecule has 0 saturated heterocycles. The van der Waals surface area contributed by atoms with Gasteiger partial charge in [0.25, 0.3) is 0 Å². The molecule has 0 bridgehead atoms. The molecule has 0 N–H and O–H groups in total. The van der Waals surface area contributed by atoms with Crippen LogP contribution in [-0.2, 0) is 0 Å². The molecule has 0 heterocycles. The van der Waals surface area contributed by atoms with Gasteiger partial charge in [0.1, 0.15) is 11.5 Å². The number of benzene rings is 1. The normalized spacial score (nSPS) is 10.9. The average molecular weight is 217 g/mol. The SMILES string of the molecule is C=[C]c1cc(OC)cc(OC(F)(F)F)c1. The molecule has 0 unspecified atom stereocenters. The van der Waals surface area contributed by atoms with Crippen molar-refractivity contribution in [2.75, 3.05) is 7.11 Å². The Bertz CT molecular complexity index is 358. The van der Waals surface area contributed by atoms with E-state index in [0.29, 0.717) is 5.56 Å². The molecule has 0 aromatic heterocycles. The summed E-state index contributed by atoms with van der Waals surface area (Å²) < 4.78 is 44.3. The van der Waals surface area contributed by atoms with E-state index in [9.17, 15) is 13.2 Å². The van der Waals surface area contributed by atoms with Crippen LogP contribution in [0.1, 0.15) is 5.56 Å². The van der Waals surface area contributed by atoms with E-state index in [1.54, 1.807) is 0 Å². The van der Waals surface area contributed by atoms with Gasteiger partial charge in [-0.1, -0.05) is 6.58 Å². The van der Waals surface area contributed by atoms with Crippen LogP contribution < -0.4 is 9.47 Å². The predicted octanol–water partition coefficient (Wildman–Crippen LogP) is 2.93. The van der Waals surface area contributed by atoms with Gasteiger partial charge in [-0.15, -0.1) is 13.2 Å². The first-order chi connectivity index (χ1) is 6.94. The first-order valence-electron chi connectivity index (χ1n) is 3.92. The number of hydrogen-bond acceptors (Lipinski definition) is 2. The molecule has 0 atom stereocenters. The smallest absolute Gasteiger partial charge is 0.497 e. The Balaban J connectivity index is 3.02. The van der Waals surface area contributed by atoms with E-state index in [4.69, 9.17) is 4.74 Å². The van der Waals surface area contributed by atoms with E-state index in [-0.39, 0.29) is 11.5 Å². The lowest BCUT2D eigenvalue weighted by molar-refractivity contribution is -0.274. The molecule has 1 aromatic carbocycles. The minimum atomic E-state index is -4.72. The van der Waals surface area contributed by atoms with Crippen molar-refractivity contribution in [3.05, 3.63) is 36.4 Å². The number of halogens is 3. The largest absolute Gasteiger partial charge is 0.573 e. The first kappa shape index (κ1) is 11.4. The predicted molar refractivity (Wildman–Crippen MR) is 47.6 cm³/mol. The van der Waals surface area contributed by atoms with Crippen LogP contribution in [0.5, 0.6) is 11.5 Å². The van der Waals surface area contributed by atoms with Crippen molar-refractivity contribution in [3.8, 4) is 11.5 Å². The van der Waals surface area contributed by atoms with Gasteiger partial charge < -0.3 is 9.47 Å². The van der Waals surface area contributed by atoms with Crippen LogP contribution in [0, 0.1) is 6.08 Å². The number of rotatable bonds is 3. The van der Waals surface area contributed by atoms with Crippen LogP contribution in [-0.4, -0.2) is 13.5 Å². The van der Waals surface area contributed by atoms with Crippen molar-refractivity contribution in [2.24, 2.45) is 0 Å². The Morgan fingerprint density at radius 2 is 1.80 bits per heavy atom. The third-order valence-corrected chi connectivity index (χ3v) is 1.55. The van der Waals surface area contributed by atoms with Crippen molar-refractivity contribution in [1.82, 2.24) is 0 Å². The van der Waals surface area contributed by atoms with E-state index >= 15 is 0 Å². The molecule has 5 heteroatoms. The van der Waals surface area contributed by atoms with Gasteiger partial charge in [-0.05, 0) is 23.8 Å². The van der Waals surface area contributed by atoms with Crippen molar-refractivity contribution >= 4 is 0 Å². The molecule has 2 nitrogen and oxygen atoms in total. The number of alkyl halides is 3. The quantitative estimate of drug-likeness (QED) is 0.774. The van der Waals surface area contributed by atoms with Gasteiger partial charge >= 0.3 is 6.36 Å². The molecule has 1 aromatic rings. The van der Waals surface area contributed by atoms with Crippen LogP contribution in [0.3, 0.4) is 0 Å². The van der Waals surface area contributed by atoms with Gasteiger partial charge in [0, 0.05) is 6.07 Å². The number of hydrogen-bond donors (Lipinski definition) is 0. The first-order valence-corrected chi connectivity index (χ1v) is 3.92. The van der Waals surface area contributed by atoms with Gasteiger partial charge in [-0.3, -0.25) is 0 Å². The van der Waals surface area contributed by atoms with Crippen molar-refractivity contribution in [2.45, 2.75) is 6.36 Å². The summed E-state index contributed by atoms with van der Waals surface area (Å²) in [7, 11) is 1.35. The topological polar surface area (TPSA) is 18.5 Å². The summed E-state index contributed by atoms with van der Waals surface area (Å²) in [6.45, 7) is 3.33. The lowest BCUT2D eigenvalue weighted by atomic mass is 10.2. The standard InChI is InChI=1S/C10H8F3O2/c1-3-7-4-8(14-2)6-9(5-7)15-10(11,12)13/h4-6H,1H2,2H3. The Kier molecular flexibility index (Phi) is 3.24. The van der Waals surface area contributed by atoms with E-state index in [1.807, 2.05) is 0 Å².